The van der Waals surface area contributed by atoms with E-state index in [1.54, 1.807) is 0 Å². The van der Waals surface area contributed by atoms with Gasteiger partial charge in [0.15, 0.2) is 0 Å². The Hall–Kier alpha value is -0.120. The largest absolute Gasteiger partial charge is 0.395 e. The molecule has 0 aromatic carbocycles. The average molecular weight is 214 g/mol. The second-order valence-corrected chi connectivity index (χ2v) is 5.19. The molecule has 0 aromatic heterocycles. The standard InChI is InChI=1S/C12H26N2O/c1-10(2)12(9-15)14(4)11-5-7-13(3)8-6-11/h10-12,15H,5-9H2,1-4H3. The third-order valence-electron chi connectivity index (χ3n) is 3.74. The summed E-state index contributed by atoms with van der Waals surface area (Å²) in [6.07, 6.45) is 2.46. The zero-order valence-corrected chi connectivity index (χ0v) is 10.6. The zero-order chi connectivity index (χ0) is 11.4. The molecule has 1 rings (SSSR count). The van der Waals surface area contributed by atoms with Crippen molar-refractivity contribution in [3.63, 3.8) is 0 Å². The van der Waals surface area contributed by atoms with Crippen molar-refractivity contribution in [2.24, 2.45) is 5.92 Å². The van der Waals surface area contributed by atoms with E-state index in [0.29, 0.717) is 18.0 Å². The van der Waals surface area contributed by atoms with Gasteiger partial charge in [-0.1, -0.05) is 13.8 Å². The Morgan fingerprint density at radius 1 is 1.33 bits per heavy atom. The molecule has 0 spiro atoms. The van der Waals surface area contributed by atoms with Crippen LogP contribution in [0.1, 0.15) is 26.7 Å². The second kappa shape index (κ2) is 5.83. The fourth-order valence-corrected chi connectivity index (χ4v) is 2.48. The Balaban J connectivity index is 2.47. The summed E-state index contributed by atoms with van der Waals surface area (Å²) < 4.78 is 0. The maximum Gasteiger partial charge on any atom is 0.0589 e. The summed E-state index contributed by atoms with van der Waals surface area (Å²) in [4.78, 5) is 4.77. The number of piperidine rings is 1. The highest BCUT2D eigenvalue weighted by Gasteiger charge is 2.26. The summed E-state index contributed by atoms with van der Waals surface area (Å²) in [6, 6.07) is 0.971. The van der Waals surface area contributed by atoms with Gasteiger partial charge in [0.25, 0.3) is 0 Å². The lowest BCUT2D eigenvalue weighted by atomic mass is 9.97. The molecule has 0 aromatic rings. The second-order valence-electron chi connectivity index (χ2n) is 5.19. The highest BCUT2D eigenvalue weighted by Crippen LogP contribution is 2.19. The highest BCUT2D eigenvalue weighted by atomic mass is 16.3. The van der Waals surface area contributed by atoms with Crippen LogP contribution < -0.4 is 0 Å². The monoisotopic (exact) mass is 214 g/mol. The van der Waals surface area contributed by atoms with Crippen molar-refractivity contribution in [2.45, 2.75) is 38.8 Å². The molecule has 1 heterocycles. The maximum atomic E-state index is 9.40. The van der Waals surface area contributed by atoms with E-state index >= 15 is 0 Å². The summed E-state index contributed by atoms with van der Waals surface area (Å²) in [5, 5.41) is 9.40. The van der Waals surface area contributed by atoms with Crippen LogP contribution in [-0.4, -0.2) is 60.8 Å². The van der Waals surface area contributed by atoms with Crippen LogP contribution in [0.5, 0.6) is 0 Å². The maximum absolute atomic E-state index is 9.40. The number of rotatable bonds is 4. The van der Waals surface area contributed by atoms with Gasteiger partial charge >= 0.3 is 0 Å². The van der Waals surface area contributed by atoms with Crippen LogP contribution in [0.25, 0.3) is 0 Å². The minimum atomic E-state index is 0.278. The first-order valence-corrected chi connectivity index (χ1v) is 6.07. The van der Waals surface area contributed by atoms with Gasteiger partial charge in [-0.2, -0.15) is 0 Å². The molecule has 0 saturated carbocycles. The summed E-state index contributed by atoms with van der Waals surface area (Å²) in [7, 11) is 4.35. The third kappa shape index (κ3) is 3.44. The Labute approximate surface area is 94.1 Å². The van der Waals surface area contributed by atoms with Gasteiger partial charge in [-0.3, -0.25) is 4.90 Å². The van der Waals surface area contributed by atoms with Crippen molar-refractivity contribution in [1.29, 1.82) is 0 Å². The lowest BCUT2D eigenvalue weighted by molar-refractivity contribution is 0.0508. The Morgan fingerprint density at radius 2 is 1.87 bits per heavy atom. The van der Waals surface area contributed by atoms with Crippen LogP contribution >= 0.6 is 0 Å². The predicted molar refractivity (Wildman–Crippen MR) is 64.0 cm³/mol. The van der Waals surface area contributed by atoms with E-state index in [-0.39, 0.29) is 6.61 Å². The minimum Gasteiger partial charge on any atom is -0.395 e. The molecule has 0 amide bonds. The molecule has 1 unspecified atom stereocenters. The van der Waals surface area contributed by atoms with Crippen LogP contribution in [0.2, 0.25) is 0 Å². The summed E-state index contributed by atoms with van der Waals surface area (Å²) >= 11 is 0. The zero-order valence-electron chi connectivity index (χ0n) is 10.6. The fourth-order valence-electron chi connectivity index (χ4n) is 2.48. The van der Waals surface area contributed by atoms with Gasteiger partial charge in [0, 0.05) is 12.1 Å². The van der Waals surface area contributed by atoms with E-state index in [9.17, 15) is 5.11 Å². The number of likely N-dealkylation sites (N-methyl/N-ethyl adjacent to an activating group) is 1. The van der Waals surface area contributed by atoms with Gasteiger partial charge in [-0.25, -0.2) is 0 Å². The van der Waals surface area contributed by atoms with Gasteiger partial charge in [0.1, 0.15) is 0 Å². The molecular weight excluding hydrogens is 188 g/mol. The summed E-state index contributed by atoms with van der Waals surface area (Å²) in [6.45, 7) is 7.02. The Bertz CT molecular complexity index is 176. The van der Waals surface area contributed by atoms with E-state index in [4.69, 9.17) is 0 Å². The summed E-state index contributed by atoms with van der Waals surface area (Å²) in [5.74, 6) is 0.527. The van der Waals surface area contributed by atoms with Gasteiger partial charge in [-0.05, 0) is 45.9 Å². The third-order valence-corrected chi connectivity index (χ3v) is 3.74. The van der Waals surface area contributed by atoms with Crippen molar-refractivity contribution in [2.75, 3.05) is 33.8 Å². The van der Waals surface area contributed by atoms with E-state index in [2.05, 4.69) is 37.7 Å². The molecule has 1 fully saturated rings. The molecule has 15 heavy (non-hydrogen) atoms. The van der Waals surface area contributed by atoms with Gasteiger partial charge in [0.2, 0.25) is 0 Å². The number of aliphatic hydroxyl groups excluding tert-OH is 1. The average Bonchev–Trinajstić information content (AvgIpc) is 2.19. The lowest BCUT2D eigenvalue weighted by Crippen LogP contribution is -2.49. The number of hydrogen-bond acceptors (Lipinski definition) is 3. The molecule has 1 atom stereocenters. The van der Waals surface area contributed by atoms with Crippen molar-refractivity contribution in [1.82, 2.24) is 9.80 Å². The van der Waals surface area contributed by atoms with Crippen LogP contribution in [0, 0.1) is 5.92 Å². The number of nitrogens with zero attached hydrogens (tertiary/aromatic N) is 2. The Kier molecular flexibility index (Phi) is 5.03. The number of likely N-dealkylation sites (tertiary alicyclic amines) is 1. The van der Waals surface area contributed by atoms with Crippen LogP contribution in [-0.2, 0) is 0 Å². The summed E-state index contributed by atoms with van der Waals surface area (Å²) in [5.41, 5.74) is 0. The smallest absolute Gasteiger partial charge is 0.0589 e. The van der Waals surface area contributed by atoms with Crippen molar-refractivity contribution in [3.8, 4) is 0 Å². The molecule has 1 N–H and O–H groups in total. The van der Waals surface area contributed by atoms with E-state index in [1.807, 2.05) is 0 Å². The van der Waals surface area contributed by atoms with E-state index < -0.39 is 0 Å². The molecule has 0 bridgehead atoms. The molecule has 1 aliphatic rings. The van der Waals surface area contributed by atoms with Crippen LogP contribution in [0.3, 0.4) is 0 Å². The van der Waals surface area contributed by atoms with E-state index in [0.717, 1.165) is 0 Å². The van der Waals surface area contributed by atoms with Crippen molar-refractivity contribution in [3.05, 3.63) is 0 Å². The molecular formula is C12H26N2O. The minimum absolute atomic E-state index is 0.278. The molecule has 90 valence electrons. The molecule has 0 aliphatic carbocycles. The van der Waals surface area contributed by atoms with Crippen LogP contribution in [0.15, 0.2) is 0 Å². The first-order chi connectivity index (χ1) is 7.06. The fraction of sp³-hybridized carbons (Fsp3) is 1.00. The number of aliphatic hydroxyl groups is 1. The quantitative estimate of drug-likeness (QED) is 0.757. The lowest BCUT2D eigenvalue weighted by Gasteiger charge is -2.40. The van der Waals surface area contributed by atoms with Crippen LogP contribution in [0.4, 0.5) is 0 Å². The first kappa shape index (κ1) is 12.9. The number of hydrogen-bond donors (Lipinski definition) is 1. The van der Waals surface area contributed by atoms with Crippen molar-refractivity contribution < 1.29 is 5.11 Å². The normalized spacial score (nSPS) is 22.6. The molecule has 0 radical (unpaired) electrons. The first-order valence-electron chi connectivity index (χ1n) is 6.07. The van der Waals surface area contributed by atoms with Gasteiger partial charge < -0.3 is 10.0 Å². The molecule has 1 aliphatic heterocycles. The SMILES string of the molecule is CC(C)C(CO)N(C)C1CCN(C)CC1. The van der Waals surface area contributed by atoms with E-state index in [1.165, 1.54) is 25.9 Å². The molecule has 1 saturated heterocycles. The van der Waals surface area contributed by atoms with Gasteiger partial charge in [-0.15, -0.1) is 0 Å². The Morgan fingerprint density at radius 3 is 2.27 bits per heavy atom. The van der Waals surface area contributed by atoms with Crippen molar-refractivity contribution >= 4 is 0 Å². The molecule has 3 heteroatoms. The topological polar surface area (TPSA) is 26.7 Å². The van der Waals surface area contributed by atoms with Gasteiger partial charge in [0.05, 0.1) is 6.61 Å². The highest BCUT2D eigenvalue weighted by molar-refractivity contribution is 4.82. The molecule has 3 nitrogen and oxygen atoms in total. The predicted octanol–water partition coefficient (Wildman–Crippen LogP) is 1.03.